The number of halogens is 1. The van der Waals surface area contributed by atoms with Crippen LogP contribution in [0.3, 0.4) is 0 Å². The summed E-state index contributed by atoms with van der Waals surface area (Å²) in [5.41, 5.74) is -0.0611. The fourth-order valence-corrected chi connectivity index (χ4v) is 1.69. The first-order valence-electron chi connectivity index (χ1n) is 6.51. The smallest absolute Gasteiger partial charge is 0.312 e. The highest BCUT2D eigenvalue weighted by Crippen LogP contribution is 2.30. The molecule has 0 radical (unpaired) electrons. The summed E-state index contributed by atoms with van der Waals surface area (Å²) in [5, 5.41) is 14.6. The molecule has 0 spiro atoms. The molecule has 0 amide bonds. The van der Waals surface area contributed by atoms with Crippen LogP contribution in [-0.2, 0) is 0 Å². The molecule has 1 N–H and O–H groups in total. The molecule has 112 valence electrons. The Bertz CT molecular complexity index is 472. The molecule has 1 aromatic carbocycles. The number of nitro benzene ring substituents is 1. The summed E-state index contributed by atoms with van der Waals surface area (Å²) in [5.74, 6) is 0.492. The van der Waals surface area contributed by atoms with Crippen LogP contribution in [-0.4, -0.2) is 23.6 Å². The first kappa shape index (κ1) is 16.7. The van der Waals surface area contributed by atoms with E-state index in [0.29, 0.717) is 11.6 Å². The zero-order valence-electron chi connectivity index (χ0n) is 12.3. The molecule has 5 nitrogen and oxygen atoms in total. The van der Waals surface area contributed by atoms with Gasteiger partial charge in [-0.2, -0.15) is 0 Å². The summed E-state index contributed by atoms with van der Waals surface area (Å²) >= 11 is 5.75. The molecule has 0 aliphatic rings. The molecular formula is C14H21ClN2O3. The van der Waals surface area contributed by atoms with Crippen molar-refractivity contribution in [3.63, 3.8) is 0 Å². The highest BCUT2D eigenvalue weighted by atomic mass is 35.5. The van der Waals surface area contributed by atoms with Crippen molar-refractivity contribution in [1.29, 1.82) is 0 Å². The molecule has 0 bridgehead atoms. The van der Waals surface area contributed by atoms with Crippen LogP contribution in [0.5, 0.6) is 5.75 Å². The van der Waals surface area contributed by atoms with Gasteiger partial charge in [0.25, 0.3) is 0 Å². The van der Waals surface area contributed by atoms with Crippen LogP contribution in [0.25, 0.3) is 0 Å². The van der Waals surface area contributed by atoms with Crippen LogP contribution in [0.2, 0.25) is 5.02 Å². The van der Waals surface area contributed by atoms with E-state index >= 15 is 0 Å². The lowest BCUT2D eigenvalue weighted by atomic mass is 10.1. The third kappa shape index (κ3) is 5.75. The molecule has 0 fully saturated rings. The van der Waals surface area contributed by atoms with Gasteiger partial charge in [-0.3, -0.25) is 10.1 Å². The molecule has 0 saturated carbocycles. The molecule has 6 heteroatoms. The van der Waals surface area contributed by atoms with Crippen LogP contribution < -0.4 is 10.1 Å². The number of benzene rings is 1. The van der Waals surface area contributed by atoms with Gasteiger partial charge in [-0.05, 0) is 32.9 Å². The standard InChI is InChI=1S/C14H21ClN2O3/c1-10(8-16-14(2,3)4)9-20-13-6-5-11(15)7-12(13)17(18)19/h5-7,10,16H,8-9H2,1-4H3. The molecule has 1 aromatic rings. The summed E-state index contributed by atoms with van der Waals surface area (Å²) < 4.78 is 5.54. The van der Waals surface area contributed by atoms with Crippen molar-refractivity contribution < 1.29 is 9.66 Å². The van der Waals surface area contributed by atoms with Gasteiger partial charge in [0.15, 0.2) is 5.75 Å². The first-order valence-corrected chi connectivity index (χ1v) is 6.88. The van der Waals surface area contributed by atoms with Crippen molar-refractivity contribution in [2.24, 2.45) is 5.92 Å². The number of hydrogen-bond donors (Lipinski definition) is 1. The second-order valence-electron chi connectivity index (χ2n) is 5.92. The van der Waals surface area contributed by atoms with E-state index in [2.05, 4.69) is 26.1 Å². The van der Waals surface area contributed by atoms with Gasteiger partial charge in [0.05, 0.1) is 11.5 Å². The van der Waals surface area contributed by atoms with Gasteiger partial charge >= 0.3 is 5.69 Å². The summed E-state index contributed by atoms with van der Waals surface area (Å²) in [7, 11) is 0. The highest BCUT2D eigenvalue weighted by molar-refractivity contribution is 6.30. The van der Waals surface area contributed by atoms with Crippen molar-refractivity contribution >= 4 is 17.3 Å². The van der Waals surface area contributed by atoms with Crippen LogP contribution in [0, 0.1) is 16.0 Å². The predicted molar refractivity (Wildman–Crippen MR) is 80.5 cm³/mol. The van der Waals surface area contributed by atoms with E-state index < -0.39 is 4.92 Å². The number of nitrogens with zero attached hydrogens (tertiary/aromatic N) is 1. The maximum absolute atomic E-state index is 10.9. The summed E-state index contributed by atoms with van der Waals surface area (Å²) in [6.07, 6.45) is 0. The minimum absolute atomic E-state index is 0.0422. The zero-order chi connectivity index (χ0) is 15.3. The van der Waals surface area contributed by atoms with Crippen LogP contribution in [0.4, 0.5) is 5.69 Å². The Morgan fingerprint density at radius 2 is 2.10 bits per heavy atom. The normalized spacial score (nSPS) is 13.1. The van der Waals surface area contributed by atoms with Crippen molar-refractivity contribution in [1.82, 2.24) is 5.32 Å². The minimum atomic E-state index is -0.487. The third-order valence-electron chi connectivity index (χ3n) is 2.62. The second-order valence-corrected chi connectivity index (χ2v) is 6.35. The van der Waals surface area contributed by atoms with E-state index in [4.69, 9.17) is 16.3 Å². The Hall–Kier alpha value is -1.33. The third-order valence-corrected chi connectivity index (χ3v) is 2.86. The number of ether oxygens (including phenoxy) is 1. The lowest BCUT2D eigenvalue weighted by molar-refractivity contribution is -0.385. The fourth-order valence-electron chi connectivity index (χ4n) is 1.53. The minimum Gasteiger partial charge on any atom is -0.486 e. The van der Waals surface area contributed by atoms with Gasteiger partial charge in [0.1, 0.15) is 0 Å². The molecule has 1 atom stereocenters. The van der Waals surface area contributed by atoms with E-state index in [1.165, 1.54) is 12.1 Å². The lowest BCUT2D eigenvalue weighted by Gasteiger charge is -2.23. The van der Waals surface area contributed by atoms with Crippen LogP contribution >= 0.6 is 11.6 Å². The molecule has 1 unspecified atom stereocenters. The average Bonchev–Trinajstić information content (AvgIpc) is 2.33. The van der Waals surface area contributed by atoms with E-state index in [1.807, 2.05) is 6.92 Å². The molecule has 0 heterocycles. The van der Waals surface area contributed by atoms with Gasteiger partial charge < -0.3 is 10.1 Å². The molecule has 20 heavy (non-hydrogen) atoms. The number of rotatable bonds is 6. The number of nitrogens with one attached hydrogen (secondary N) is 1. The molecule has 0 saturated heterocycles. The summed E-state index contributed by atoms with van der Waals surface area (Å²) in [6, 6.07) is 4.42. The molecule has 0 aliphatic carbocycles. The summed E-state index contributed by atoms with van der Waals surface area (Å²) in [6.45, 7) is 9.48. The average molecular weight is 301 g/mol. The van der Waals surface area contributed by atoms with E-state index in [-0.39, 0.29) is 22.9 Å². The van der Waals surface area contributed by atoms with Crippen LogP contribution in [0.1, 0.15) is 27.7 Å². The molecule has 0 aromatic heterocycles. The molecule has 0 aliphatic heterocycles. The van der Waals surface area contributed by atoms with Crippen molar-refractivity contribution in [2.45, 2.75) is 33.2 Å². The number of hydrogen-bond acceptors (Lipinski definition) is 4. The SMILES string of the molecule is CC(CNC(C)(C)C)COc1ccc(Cl)cc1[N+](=O)[O-]. The van der Waals surface area contributed by atoms with Gasteiger partial charge in [0.2, 0.25) is 0 Å². The maximum Gasteiger partial charge on any atom is 0.312 e. The van der Waals surface area contributed by atoms with E-state index in [9.17, 15) is 10.1 Å². The van der Waals surface area contributed by atoms with Gasteiger partial charge in [-0.25, -0.2) is 0 Å². The van der Waals surface area contributed by atoms with Gasteiger partial charge in [-0.1, -0.05) is 18.5 Å². The Morgan fingerprint density at radius 3 is 2.65 bits per heavy atom. The Labute approximate surface area is 124 Å². The topological polar surface area (TPSA) is 64.4 Å². The van der Waals surface area contributed by atoms with Crippen molar-refractivity contribution in [3.05, 3.63) is 33.3 Å². The largest absolute Gasteiger partial charge is 0.486 e. The molecular weight excluding hydrogens is 280 g/mol. The predicted octanol–water partition coefficient (Wildman–Crippen LogP) is 3.65. The van der Waals surface area contributed by atoms with Gasteiger partial charge in [0, 0.05) is 29.1 Å². The van der Waals surface area contributed by atoms with Crippen molar-refractivity contribution in [2.75, 3.05) is 13.2 Å². The zero-order valence-corrected chi connectivity index (χ0v) is 13.0. The lowest BCUT2D eigenvalue weighted by Crippen LogP contribution is -2.39. The van der Waals surface area contributed by atoms with Crippen LogP contribution in [0.15, 0.2) is 18.2 Å². The first-order chi connectivity index (χ1) is 9.19. The monoisotopic (exact) mass is 300 g/mol. The van der Waals surface area contributed by atoms with E-state index in [0.717, 1.165) is 6.54 Å². The quantitative estimate of drug-likeness (QED) is 0.643. The van der Waals surface area contributed by atoms with E-state index in [1.54, 1.807) is 6.07 Å². The number of nitro groups is 1. The Morgan fingerprint density at radius 1 is 1.45 bits per heavy atom. The molecule has 1 rings (SSSR count). The Kier molecular flexibility index (Phi) is 5.77. The highest BCUT2D eigenvalue weighted by Gasteiger charge is 2.17. The van der Waals surface area contributed by atoms with Gasteiger partial charge in [-0.15, -0.1) is 0 Å². The fraction of sp³-hybridized carbons (Fsp3) is 0.571. The maximum atomic E-state index is 10.9. The second kappa shape index (κ2) is 6.90. The Balaban J connectivity index is 2.59. The summed E-state index contributed by atoms with van der Waals surface area (Å²) in [4.78, 5) is 10.4. The van der Waals surface area contributed by atoms with Crippen molar-refractivity contribution in [3.8, 4) is 5.75 Å².